The molecular weight excluding hydrogens is 362 g/mol. The van der Waals surface area contributed by atoms with Crippen molar-refractivity contribution in [3.05, 3.63) is 17.8 Å². The van der Waals surface area contributed by atoms with Gasteiger partial charge in [-0.05, 0) is 12.1 Å². The van der Waals surface area contributed by atoms with Crippen LogP contribution in [-0.4, -0.2) is 65.4 Å². The highest BCUT2D eigenvalue weighted by atomic mass is 32.3. The van der Waals surface area contributed by atoms with E-state index in [0.29, 0.717) is 43.2 Å². The number of fused-ring (bicyclic) bond motifs is 1. The minimum Gasteiger partial charge on any atom is -0.379 e. The molecule has 0 amide bonds. The van der Waals surface area contributed by atoms with E-state index in [2.05, 4.69) is 4.90 Å². The molecule has 3 rings (SSSR count). The van der Waals surface area contributed by atoms with Crippen molar-refractivity contribution in [3.63, 3.8) is 0 Å². The summed E-state index contributed by atoms with van der Waals surface area (Å²) in [6.45, 7) is 3.75. The van der Waals surface area contributed by atoms with Crippen molar-refractivity contribution >= 4 is 37.5 Å². The minimum atomic E-state index is -3.91. The van der Waals surface area contributed by atoms with Crippen LogP contribution in [0.15, 0.2) is 20.7 Å². The van der Waals surface area contributed by atoms with Gasteiger partial charge in [-0.25, -0.2) is 22.0 Å². The molecule has 0 atom stereocenters. The average molecular weight is 379 g/mol. The molecular formula is C12H17N3O5S3. The Labute approximate surface area is 139 Å². The zero-order valence-corrected chi connectivity index (χ0v) is 14.7. The summed E-state index contributed by atoms with van der Waals surface area (Å²) in [6, 6.07) is 1.29. The number of primary sulfonamides is 1. The van der Waals surface area contributed by atoms with E-state index in [4.69, 9.17) is 9.88 Å². The maximum Gasteiger partial charge on any atom is 0.274 e. The Morgan fingerprint density at radius 1 is 1.26 bits per heavy atom. The summed E-state index contributed by atoms with van der Waals surface area (Å²) in [4.78, 5) is 2.13. The van der Waals surface area contributed by atoms with E-state index in [-0.39, 0.29) is 8.42 Å². The Morgan fingerprint density at radius 3 is 2.61 bits per heavy atom. The van der Waals surface area contributed by atoms with E-state index >= 15 is 0 Å². The molecule has 1 aromatic heterocycles. The van der Waals surface area contributed by atoms with Gasteiger partial charge in [0, 0.05) is 37.9 Å². The summed E-state index contributed by atoms with van der Waals surface area (Å²) >= 11 is 0.687. The van der Waals surface area contributed by atoms with E-state index in [0.717, 1.165) is 13.1 Å². The third kappa shape index (κ3) is 3.44. The summed E-state index contributed by atoms with van der Waals surface area (Å²) in [5.74, 6) is 0. The number of thiophene rings is 1. The molecule has 1 aromatic rings. The van der Waals surface area contributed by atoms with Crippen LogP contribution in [0.2, 0.25) is 0 Å². The van der Waals surface area contributed by atoms with Crippen molar-refractivity contribution in [2.45, 2.75) is 8.42 Å². The smallest absolute Gasteiger partial charge is 0.274 e. The monoisotopic (exact) mass is 379 g/mol. The first-order valence-corrected chi connectivity index (χ1v) is 10.8. The SMILES string of the molecule is NS(=O)(=O)c1cc2c(s1)S(=O)(=O)N(CCN1CCOCC1)C=C2. The molecule has 8 nitrogen and oxygen atoms in total. The Morgan fingerprint density at radius 2 is 1.96 bits per heavy atom. The quantitative estimate of drug-likeness (QED) is 0.769. The number of morpholine rings is 1. The van der Waals surface area contributed by atoms with Crippen LogP contribution in [0.5, 0.6) is 0 Å². The van der Waals surface area contributed by atoms with Gasteiger partial charge in [-0.3, -0.25) is 9.21 Å². The van der Waals surface area contributed by atoms with E-state index < -0.39 is 20.0 Å². The Balaban J connectivity index is 1.79. The fraction of sp³-hybridized carbons (Fsp3) is 0.500. The number of hydrogen-bond donors (Lipinski definition) is 1. The van der Waals surface area contributed by atoms with Gasteiger partial charge in [0.15, 0.2) is 0 Å². The molecule has 1 fully saturated rings. The zero-order valence-electron chi connectivity index (χ0n) is 12.2. The summed E-state index contributed by atoms with van der Waals surface area (Å²) in [5, 5.41) is 5.08. The fourth-order valence-corrected chi connectivity index (χ4v) is 6.37. The lowest BCUT2D eigenvalue weighted by atomic mass is 10.3. The Kier molecular flexibility index (Phi) is 4.51. The third-order valence-corrected chi connectivity index (χ3v) is 8.56. The fourth-order valence-electron chi connectivity index (χ4n) is 2.43. The molecule has 11 heteroatoms. The first kappa shape index (κ1) is 16.9. The van der Waals surface area contributed by atoms with E-state index in [1.165, 1.54) is 16.6 Å². The zero-order chi connectivity index (χ0) is 16.7. The van der Waals surface area contributed by atoms with Crippen LogP contribution in [0.3, 0.4) is 0 Å². The van der Waals surface area contributed by atoms with E-state index in [1.807, 2.05) is 0 Å². The molecule has 0 bridgehead atoms. The van der Waals surface area contributed by atoms with Crippen molar-refractivity contribution in [2.75, 3.05) is 39.4 Å². The van der Waals surface area contributed by atoms with Crippen molar-refractivity contribution < 1.29 is 21.6 Å². The lowest BCUT2D eigenvalue weighted by molar-refractivity contribution is 0.0372. The molecule has 0 saturated carbocycles. The molecule has 0 unspecified atom stereocenters. The number of ether oxygens (including phenoxy) is 1. The largest absolute Gasteiger partial charge is 0.379 e. The second kappa shape index (κ2) is 6.15. The number of nitrogens with zero attached hydrogens (tertiary/aromatic N) is 2. The van der Waals surface area contributed by atoms with Crippen molar-refractivity contribution in [3.8, 4) is 0 Å². The maximum atomic E-state index is 12.6. The van der Waals surface area contributed by atoms with Gasteiger partial charge in [-0.15, -0.1) is 11.3 Å². The predicted molar refractivity (Wildman–Crippen MR) is 85.9 cm³/mol. The molecule has 0 spiro atoms. The first-order chi connectivity index (χ1) is 10.8. The van der Waals surface area contributed by atoms with Crippen LogP contribution in [0, 0.1) is 0 Å². The molecule has 2 aliphatic heterocycles. The summed E-state index contributed by atoms with van der Waals surface area (Å²) in [6.07, 6.45) is 3.07. The standard InChI is InChI=1S/C12H17N3O5S3/c13-22(16,17)11-9-10-1-2-15(23(18,19)12(10)21-11)4-3-14-5-7-20-8-6-14/h1-2,9H,3-8H2,(H2,13,16,17). The Hall–Kier alpha value is -0.980. The van der Waals surface area contributed by atoms with Crippen LogP contribution in [0.1, 0.15) is 5.56 Å². The minimum absolute atomic E-state index is 0.0194. The van der Waals surface area contributed by atoms with Gasteiger partial charge >= 0.3 is 0 Å². The van der Waals surface area contributed by atoms with Gasteiger partial charge in [-0.2, -0.15) is 0 Å². The highest BCUT2D eigenvalue weighted by Gasteiger charge is 2.32. The molecule has 3 heterocycles. The second-order valence-electron chi connectivity index (χ2n) is 5.24. The van der Waals surface area contributed by atoms with Crippen molar-refractivity contribution in [1.29, 1.82) is 0 Å². The molecule has 0 aromatic carbocycles. The highest BCUT2D eigenvalue weighted by molar-refractivity contribution is 7.94. The van der Waals surface area contributed by atoms with Gasteiger partial charge in [0.25, 0.3) is 10.0 Å². The summed E-state index contributed by atoms with van der Waals surface area (Å²) in [7, 11) is -7.65. The van der Waals surface area contributed by atoms with Crippen LogP contribution in [-0.2, 0) is 24.8 Å². The third-order valence-electron chi connectivity index (χ3n) is 3.69. The molecule has 0 radical (unpaired) electrons. The van der Waals surface area contributed by atoms with Crippen molar-refractivity contribution in [2.24, 2.45) is 5.14 Å². The van der Waals surface area contributed by atoms with Crippen LogP contribution >= 0.6 is 11.3 Å². The van der Waals surface area contributed by atoms with Gasteiger partial charge in [-0.1, -0.05) is 0 Å². The number of rotatable bonds is 4. The molecule has 128 valence electrons. The summed E-state index contributed by atoms with van der Waals surface area (Å²) < 4.78 is 54.4. The number of nitrogens with two attached hydrogens (primary N) is 1. The van der Waals surface area contributed by atoms with Crippen LogP contribution in [0.4, 0.5) is 0 Å². The molecule has 2 aliphatic rings. The van der Waals surface area contributed by atoms with Gasteiger partial charge < -0.3 is 4.74 Å². The Bertz CT molecular complexity index is 822. The maximum absolute atomic E-state index is 12.6. The van der Waals surface area contributed by atoms with Crippen LogP contribution < -0.4 is 5.14 Å². The lowest BCUT2D eigenvalue weighted by Crippen LogP contribution is -2.41. The van der Waals surface area contributed by atoms with Gasteiger partial charge in [0.2, 0.25) is 10.0 Å². The molecule has 2 N–H and O–H groups in total. The predicted octanol–water partition coefficient (Wildman–Crippen LogP) is -0.297. The normalized spacial score (nSPS) is 21.3. The second-order valence-corrected chi connectivity index (χ2v) is 10.2. The highest BCUT2D eigenvalue weighted by Crippen LogP contribution is 2.35. The van der Waals surface area contributed by atoms with E-state index in [1.54, 1.807) is 6.08 Å². The first-order valence-electron chi connectivity index (χ1n) is 6.95. The summed E-state index contributed by atoms with van der Waals surface area (Å²) in [5.41, 5.74) is 0.363. The molecule has 1 saturated heterocycles. The average Bonchev–Trinajstić information content (AvgIpc) is 2.93. The number of hydrogen-bond acceptors (Lipinski definition) is 7. The van der Waals surface area contributed by atoms with E-state index in [9.17, 15) is 16.8 Å². The molecule has 23 heavy (non-hydrogen) atoms. The number of sulfonamides is 2. The van der Waals surface area contributed by atoms with Gasteiger partial charge in [0.1, 0.15) is 8.42 Å². The topological polar surface area (TPSA) is 110 Å². The van der Waals surface area contributed by atoms with Crippen molar-refractivity contribution in [1.82, 2.24) is 9.21 Å². The van der Waals surface area contributed by atoms with Crippen LogP contribution in [0.25, 0.3) is 6.08 Å². The molecule has 0 aliphatic carbocycles. The lowest BCUT2D eigenvalue weighted by Gasteiger charge is -2.30. The van der Waals surface area contributed by atoms with Gasteiger partial charge in [0.05, 0.1) is 13.2 Å².